The highest BCUT2D eigenvalue weighted by molar-refractivity contribution is 6.30. The van der Waals surface area contributed by atoms with Gasteiger partial charge in [-0.3, -0.25) is 9.89 Å². The van der Waals surface area contributed by atoms with Crippen molar-refractivity contribution in [2.75, 3.05) is 11.1 Å². The molecule has 4 N–H and O–H groups in total. The molecule has 0 unspecified atom stereocenters. The van der Waals surface area contributed by atoms with Gasteiger partial charge in [-0.1, -0.05) is 11.6 Å². The Bertz CT molecular complexity index is 592. The predicted octanol–water partition coefficient (Wildman–Crippen LogP) is 2.35. The van der Waals surface area contributed by atoms with Gasteiger partial charge in [0.25, 0.3) is 5.91 Å². The van der Waals surface area contributed by atoms with Crippen molar-refractivity contribution in [3.05, 3.63) is 40.3 Å². The number of halogens is 2. The minimum atomic E-state index is -0.605. The molecule has 1 aromatic heterocycles. The fourth-order valence-electron chi connectivity index (χ4n) is 1.50. The van der Waals surface area contributed by atoms with Crippen LogP contribution in [0.4, 0.5) is 15.9 Å². The molecule has 0 radical (unpaired) electrons. The zero-order valence-corrected chi connectivity index (χ0v) is 10.2. The first-order valence-electron chi connectivity index (χ1n) is 5.06. The number of rotatable bonds is 2. The second kappa shape index (κ2) is 4.66. The summed E-state index contributed by atoms with van der Waals surface area (Å²) in [4.78, 5) is 11.9. The van der Waals surface area contributed by atoms with Gasteiger partial charge < -0.3 is 11.1 Å². The number of hydrogen-bond acceptors (Lipinski definition) is 3. The summed E-state index contributed by atoms with van der Waals surface area (Å²) in [5.41, 5.74) is 6.63. The van der Waals surface area contributed by atoms with Crippen LogP contribution in [0.1, 0.15) is 16.1 Å². The lowest BCUT2D eigenvalue weighted by Gasteiger charge is -2.05. The lowest BCUT2D eigenvalue weighted by atomic mass is 10.2. The summed E-state index contributed by atoms with van der Waals surface area (Å²) < 4.78 is 13.2. The molecule has 1 aromatic carbocycles. The number of nitrogens with one attached hydrogen (secondary N) is 2. The van der Waals surface area contributed by atoms with E-state index in [0.717, 1.165) is 6.07 Å². The fraction of sp³-hybridized carbons (Fsp3) is 0.0909. The molecule has 1 heterocycles. The summed E-state index contributed by atoms with van der Waals surface area (Å²) in [7, 11) is 0. The molecule has 0 bridgehead atoms. The molecule has 0 atom stereocenters. The Balaban J connectivity index is 2.24. The SMILES string of the molecule is Cc1[nH]nc(N)c1C(=O)Nc1ccc(Cl)c(F)c1. The number of aromatic amines is 1. The number of amides is 1. The number of nitrogens with zero attached hydrogens (tertiary/aromatic N) is 1. The summed E-state index contributed by atoms with van der Waals surface area (Å²) in [5, 5.41) is 8.81. The molecule has 0 saturated heterocycles. The number of aryl methyl sites for hydroxylation is 1. The monoisotopic (exact) mass is 268 g/mol. The molecule has 2 rings (SSSR count). The Morgan fingerprint density at radius 1 is 1.56 bits per heavy atom. The normalized spacial score (nSPS) is 10.4. The summed E-state index contributed by atoms with van der Waals surface area (Å²) in [6.07, 6.45) is 0. The van der Waals surface area contributed by atoms with Crippen LogP contribution in [-0.4, -0.2) is 16.1 Å². The number of nitrogen functional groups attached to an aromatic ring is 1. The maximum Gasteiger partial charge on any atom is 0.261 e. The molecule has 0 aliphatic carbocycles. The number of carbonyl (C=O) groups is 1. The second-order valence-corrected chi connectivity index (χ2v) is 4.10. The second-order valence-electron chi connectivity index (χ2n) is 3.69. The third-order valence-electron chi connectivity index (χ3n) is 2.38. The zero-order chi connectivity index (χ0) is 13.3. The number of aromatic nitrogens is 2. The first-order chi connectivity index (χ1) is 8.49. The van der Waals surface area contributed by atoms with Gasteiger partial charge >= 0.3 is 0 Å². The van der Waals surface area contributed by atoms with E-state index in [1.165, 1.54) is 12.1 Å². The molecular formula is C11H10ClFN4O. The number of H-pyrrole nitrogens is 1. The Hall–Kier alpha value is -2.08. The summed E-state index contributed by atoms with van der Waals surface area (Å²) in [5.74, 6) is -0.966. The minimum Gasteiger partial charge on any atom is -0.382 e. The van der Waals surface area contributed by atoms with Crippen LogP contribution in [0.25, 0.3) is 0 Å². The molecule has 0 fully saturated rings. The van der Waals surface area contributed by atoms with E-state index in [-0.39, 0.29) is 16.4 Å². The van der Waals surface area contributed by atoms with E-state index >= 15 is 0 Å². The average molecular weight is 269 g/mol. The van der Waals surface area contributed by atoms with Crippen molar-refractivity contribution in [1.29, 1.82) is 0 Å². The first kappa shape index (κ1) is 12.4. The van der Waals surface area contributed by atoms with Crippen LogP contribution >= 0.6 is 11.6 Å². The standard InChI is InChI=1S/C11H10ClFN4O/c1-5-9(10(14)17-16-5)11(18)15-6-2-3-7(12)8(13)4-6/h2-4H,1H3,(H,15,18)(H3,14,16,17). The Labute approximate surface area is 107 Å². The van der Waals surface area contributed by atoms with Crippen molar-refractivity contribution in [2.24, 2.45) is 0 Å². The van der Waals surface area contributed by atoms with Gasteiger partial charge in [-0.25, -0.2) is 4.39 Å². The van der Waals surface area contributed by atoms with Crippen molar-refractivity contribution in [3.63, 3.8) is 0 Å². The molecule has 5 nitrogen and oxygen atoms in total. The molecule has 0 spiro atoms. The number of benzene rings is 1. The van der Waals surface area contributed by atoms with E-state index < -0.39 is 11.7 Å². The van der Waals surface area contributed by atoms with Gasteiger partial charge in [-0.2, -0.15) is 5.10 Å². The average Bonchev–Trinajstić information content (AvgIpc) is 2.64. The fourth-order valence-corrected chi connectivity index (χ4v) is 1.62. The largest absolute Gasteiger partial charge is 0.382 e. The van der Waals surface area contributed by atoms with Crippen LogP contribution in [0.5, 0.6) is 0 Å². The molecule has 0 aliphatic heterocycles. The molecule has 0 saturated carbocycles. The smallest absolute Gasteiger partial charge is 0.261 e. The van der Waals surface area contributed by atoms with Crippen molar-refractivity contribution >= 4 is 29.0 Å². The van der Waals surface area contributed by atoms with E-state index in [1.807, 2.05) is 0 Å². The third-order valence-corrected chi connectivity index (χ3v) is 2.69. The van der Waals surface area contributed by atoms with E-state index in [2.05, 4.69) is 15.5 Å². The molecule has 7 heteroatoms. The summed E-state index contributed by atoms with van der Waals surface area (Å²) in [6.45, 7) is 1.67. The Kier molecular flexibility index (Phi) is 3.20. The molecule has 2 aromatic rings. The molecule has 0 aliphatic rings. The zero-order valence-electron chi connectivity index (χ0n) is 9.42. The van der Waals surface area contributed by atoms with Crippen LogP contribution < -0.4 is 11.1 Å². The maximum atomic E-state index is 13.2. The molecule has 1 amide bonds. The number of carbonyl (C=O) groups excluding carboxylic acids is 1. The summed E-state index contributed by atoms with van der Waals surface area (Å²) in [6, 6.07) is 3.98. The molecular weight excluding hydrogens is 259 g/mol. The van der Waals surface area contributed by atoms with Crippen molar-refractivity contribution in [2.45, 2.75) is 6.92 Å². The van der Waals surface area contributed by atoms with E-state index in [9.17, 15) is 9.18 Å². The van der Waals surface area contributed by atoms with Gasteiger partial charge in [0.1, 0.15) is 11.4 Å². The predicted molar refractivity (Wildman–Crippen MR) is 67.1 cm³/mol. The highest BCUT2D eigenvalue weighted by atomic mass is 35.5. The van der Waals surface area contributed by atoms with Crippen molar-refractivity contribution < 1.29 is 9.18 Å². The maximum absolute atomic E-state index is 13.2. The van der Waals surface area contributed by atoms with Crippen LogP contribution in [0.15, 0.2) is 18.2 Å². The topological polar surface area (TPSA) is 83.8 Å². The van der Waals surface area contributed by atoms with Gasteiger partial charge in [0.2, 0.25) is 0 Å². The number of hydrogen-bond donors (Lipinski definition) is 3. The van der Waals surface area contributed by atoms with E-state index in [4.69, 9.17) is 17.3 Å². The van der Waals surface area contributed by atoms with Crippen LogP contribution in [0.2, 0.25) is 5.02 Å². The molecule has 94 valence electrons. The minimum absolute atomic E-state index is 0.00740. The van der Waals surface area contributed by atoms with E-state index in [1.54, 1.807) is 6.92 Å². The van der Waals surface area contributed by atoms with Gasteiger partial charge in [-0.05, 0) is 25.1 Å². The number of anilines is 2. The van der Waals surface area contributed by atoms with Crippen LogP contribution in [-0.2, 0) is 0 Å². The lowest BCUT2D eigenvalue weighted by Crippen LogP contribution is -2.14. The van der Waals surface area contributed by atoms with Crippen LogP contribution in [0.3, 0.4) is 0 Å². The highest BCUT2D eigenvalue weighted by Crippen LogP contribution is 2.20. The number of nitrogens with two attached hydrogens (primary N) is 1. The Morgan fingerprint density at radius 2 is 2.28 bits per heavy atom. The quantitative estimate of drug-likeness (QED) is 0.782. The van der Waals surface area contributed by atoms with Gasteiger partial charge in [-0.15, -0.1) is 0 Å². The van der Waals surface area contributed by atoms with Gasteiger partial charge in [0.05, 0.1) is 5.02 Å². The van der Waals surface area contributed by atoms with Crippen molar-refractivity contribution in [1.82, 2.24) is 10.2 Å². The van der Waals surface area contributed by atoms with Gasteiger partial charge in [0.15, 0.2) is 5.82 Å². The first-order valence-corrected chi connectivity index (χ1v) is 5.43. The lowest BCUT2D eigenvalue weighted by molar-refractivity contribution is 0.102. The summed E-state index contributed by atoms with van der Waals surface area (Å²) >= 11 is 5.54. The third kappa shape index (κ3) is 2.28. The van der Waals surface area contributed by atoms with Gasteiger partial charge in [0, 0.05) is 11.4 Å². The Morgan fingerprint density at radius 3 is 2.83 bits per heavy atom. The highest BCUT2D eigenvalue weighted by Gasteiger charge is 2.16. The van der Waals surface area contributed by atoms with E-state index in [0.29, 0.717) is 11.4 Å². The van der Waals surface area contributed by atoms with Crippen LogP contribution in [0, 0.1) is 12.7 Å². The van der Waals surface area contributed by atoms with Crippen molar-refractivity contribution in [3.8, 4) is 0 Å². The molecule has 18 heavy (non-hydrogen) atoms.